The molecule has 1 aromatic rings. The third-order valence-electron chi connectivity index (χ3n) is 9.06. The van der Waals surface area contributed by atoms with Crippen LogP contribution in [0.2, 0.25) is 0 Å². The van der Waals surface area contributed by atoms with Crippen LogP contribution in [0.4, 0.5) is 0 Å². The monoisotopic (exact) mass is 744 g/mol. The van der Waals surface area contributed by atoms with Crippen LogP contribution in [0.25, 0.3) is 0 Å². The van der Waals surface area contributed by atoms with Gasteiger partial charge in [-0.1, -0.05) is 12.1 Å². The van der Waals surface area contributed by atoms with E-state index in [0.717, 1.165) is 5.56 Å². The van der Waals surface area contributed by atoms with Crippen LogP contribution in [0.15, 0.2) is 24.3 Å². The second kappa shape index (κ2) is 24.7. The van der Waals surface area contributed by atoms with Crippen LogP contribution in [0, 0.1) is 0 Å². The summed E-state index contributed by atoms with van der Waals surface area (Å²) < 4.78 is 16.4. The fraction of sp³-hybridized carbons (Fsp3) is 0.706. The molecule has 52 heavy (non-hydrogen) atoms. The quantitative estimate of drug-likeness (QED) is 0.0627. The minimum atomic E-state index is -1.38. The summed E-state index contributed by atoms with van der Waals surface area (Å²) in [5.74, 6) is -4.43. The maximum absolute atomic E-state index is 12.7. The summed E-state index contributed by atoms with van der Waals surface area (Å²) in [5, 5.41) is 69.5. The average Bonchev–Trinajstić information content (AvgIpc) is 3.10. The van der Waals surface area contributed by atoms with Crippen molar-refractivity contribution in [3.63, 3.8) is 0 Å². The molecule has 1 saturated heterocycles. The number of aliphatic hydroxyl groups is 3. The maximum atomic E-state index is 12.7. The average molecular weight is 745 g/mol. The number of aryl methyl sites for hydroxylation is 1. The van der Waals surface area contributed by atoms with E-state index in [1.165, 1.54) is 14.7 Å². The number of nitrogens with zero attached hydrogens (tertiary/aromatic N) is 4. The number of carbonyl (C=O) groups is 4. The van der Waals surface area contributed by atoms with Gasteiger partial charge in [0.05, 0.1) is 39.6 Å². The Hall–Kier alpha value is -3.46. The van der Waals surface area contributed by atoms with Crippen molar-refractivity contribution in [2.24, 2.45) is 0 Å². The fourth-order valence-electron chi connectivity index (χ4n) is 6.07. The molecule has 18 heteroatoms. The first kappa shape index (κ1) is 44.7. The van der Waals surface area contributed by atoms with Crippen molar-refractivity contribution in [2.45, 2.75) is 50.4 Å². The van der Waals surface area contributed by atoms with E-state index < -0.39 is 67.9 Å². The van der Waals surface area contributed by atoms with Crippen molar-refractivity contribution in [3.8, 4) is 5.75 Å². The van der Waals surface area contributed by atoms with Crippen molar-refractivity contribution in [3.05, 3.63) is 29.8 Å². The second-order valence-electron chi connectivity index (χ2n) is 12.3. The number of hydrogen-bond acceptors (Lipinski definition) is 14. The Morgan fingerprint density at radius 3 is 1.31 bits per heavy atom. The SMILES string of the molecule is CCOCCOCCOc1ccc(CCCC(C(=O)O)N2CCN(C(CO)C(=O)O)CCN([C@H](CO)C(=O)O)CCN([C@H](CO)C(=O)O)CC2)cc1. The topological polar surface area (TPSA) is 251 Å². The molecule has 0 amide bonds. The van der Waals surface area contributed by atoms with Crippen LogP contribution >= 0.6 is 0 Å². The number of carboxylic acid groups (broad SMARTS) is 4. The van der Waals surface area contributed by atoms with Gasteiger partial charge < -0.3 is 50.0 Å². The van der Waals surface area contributed by atoms with Crippen LogP contribution in [0.1, 0.15) is 25.3 Å². The summed E-state index contributed by atoms with van der Waals surface area (Å²) in [6.07, 6.45) is 1.24. The van der Waals surface area contributed by atoms with Crippen molar-refractivity contribution < 1.29 is 69.1 Å². The van der Waals surface area contributed by atoms with Gasteiger partial charge in [0.2, 0.25) is 0 Å². The summed E-state index contributed by atoms with van der Waals surface area (Å²) in [6.45, 7) is 1.81. The predicted octanol–water partition coefficient (Wildman–Crippen LogP) is -1.55. The highest BCUT2D eigenvalue weighted by Crippen LogP contribution is 2.17. The lowest BCUT2D eigenvalue weighted by Gasteiger charge is -2.39. The van der Waals surface area contributed by atoms with Gasteiger partial charge in [-0.15, -0.1) is 0 Å². The number of aliphatic hydroxyl groups excluding tert-OH is 3. The molecule has 1 aromatic carbocycles. The van der Waals surface area contributed by atoms with Crippen LogP contribution in [0.5, 0.6) is 5.75 Å². The van der Waals surface area contributed by atoms with Gasteiger partial charge in [0.15, 0.2) is 0 Å². The minimum Gasteiger partial charge on any atom is -0.491 e. The predicted molar refractivity (Wildman–Crippen MR) is 185 cm³/mol. The Kier molecular flexibility index (Phi) is 21.2. The Labute approximate surface area is 303 Å². The smallest absolute Gasteiger partial charge is 0.323 e. The van der Waals surface area contributed by atoms with Gasteiger partial charge in [0.25, 0.3) is 0 Å². The molecule has 18 nitrogen and oxygen atoms in total. The first-order valence-corrected chi connectivity index (χ1v) is 17.5. The zero-order valence-corrected chi connectivity index (χ0v) is 29.8. The summed E-state index contributed by atoms with van der Waals surface area (Å²) in [6, 6.07) is 2.29. The van der Waals surface area contributed by atoms with Crippen LogP contribution in [0.3, 0.4) is 0 Å². The number of rotatable bonds is 23. The molecule has 296 valence electrons. The molecule has 0 spiro atoms. The van der Waals surface area contributed by atoms with Crippen molar-refractivity contribution in [1.29, 1.82) is 0 Å². The summed E-state index contributed by atoms with van der Waals surface area (Å²) >= 11 is 0. The maximum Gasteiger partial charge on any atom is 0.323 e. The number of aliphatic carboxylic acids is 4. The second-order valence-corrected chi connectivity index (χ2v) is 12.3. The molecule has 0 bridgehead atoms. The van der Waals surface area contributed by atoms with Gasteiger partial charge in [-0.25, -0.2) is 0 Å². The zero-order valence-electron chi connectivity index (χ0n) is 29.8. The lowest BCUT2D eigenvalue weighted by atomic mass is 10.0. The lowest BCUT2D eigenvalue weighted by Crippen LogP contribution is -2.57. The highest BCUT2D eigenvalue weighted by atomic mass is 16.5. The van der Waals surface area contributed by atoms with E-state index in [-0.39, 0.29) is 58.8 Å². The molecule has 0 aliphatic carbocycles. The van der Waals surface area contributed by atoms with Crippen LogP contribution in [-0.4, -0.2) is 209 Å². The minimum absolute atomic E-state index is 0.0204. The van der Waals surface area contributed by atoms with E-state index >= 15 is 0 Å². The molecule has 1 aliphatic heterocycles. The summed E-state index contributed by atoms with van der Waals surface area (Å²) in [4.78, 5) is 54.6. The molecule has 1 fully saturated rings. The Bertz CT molecular complexity index is 1170. The first-order chi connectivity index (χ1) is 25.0. The molecule has 2 unspecified atom stereocenters. The molecule has 1 heterocycles. The van der Waals surface area contributed by atoms with E-state index in [1.807, 2.05) is 31.2 Å². The largest absolute Gasteiger partial charge is 0.491 e. The Morgan fingerprint density at radius 2 is 0.942 bits per heavy atom. The Balaban J connectivity index is 2.22. The van der Waals surface area contributed by atoms with Crippen LogP contribution < -0.4 is 4.74 Å². The number of ether oxygens (including phenoxy) is 3. The normalized spacial score (nSPS) is 18.4. The molecule has 0 radical (unpaired) electrons. The molecule has 2 rings (SSSR count). The Morgan fingerprint density at radius 1 is 0.577 bits per heavy atom. The van der Waals surface area contributed by atoms with E-state index in [9.17, 15) is 54.9 Å². The van der Waals surface area contributed by atoms with Gasteiger partial charge in [-0.3, -0.25) is 38.8 Å². The fourth-order valence-corrected chi connectivity index (χ4v) is 6.07. The van der Waals surface area contributed by atoms with E-state index in [1.54, 1.807) is 4.90 Å². The highest BCUT2D eigenvalue weighted by molar-refractivity contribution is 5.75. The molecule has 7 N–H and O–H groups in total. The van der Waals surface area contributed by atoms with E-state index in [4.69, 9.17) is 14.2 Å². The van der Waals surface area contributed by atoms with Gasteiger partial charge in [0.1, 0.15) is 36.5 Å². The summed E-state index contributed by atoms with van der Waals surface area (Å²) in [5.41, 5.74) is 0.960. The van der Waals surface area contributed by atoms with Gasteiger partial charge in [-0.05, 0) is 43.9 Å². The molecule has 0 aromatic heterocycles. The highest BCUT2D eigenvalue weighted by Gasteiger charge is 2.34. The van der Waals surface area contributed by atoms with Crippen molar-refractivity contribution in [1.82, 2.24) is 19.6 Å². The van der Waals surface area contributed by atoms with Crippen molar-refractivity contribution >= 4 is 23.9 Å². The van der Waals surface area contributed by atoms with E-state index in [0.29, 0.717) is 51.6 Å². The lowest BCUT2D eigenvalue weighted by molar-refractivity contribution is -0.149. The molecule has 0 saturated carbocycles. The van der Waals surface area contributed by atoms with Crippen LogP contribution in [-0.2, 0) is 35.1 Å². The molecule has 1 aliphatic rings. The van der Waals surface area contributed by atoms with Gasteiger partial charge >= 0.3 is 23.9 Å². The van der Waals surface area contributed by atoms with Gasteiger partial charge in [0, 0.05) is 59.0 Å². The first-order valence-electron chi connectivity index (χ1n) is 17.5. The number of benzene rings is 1. The third kappa shape index (κ3) is 15.3. The third-order valence-corrected chi connectivity index (χ3v) is 9.06. The van der Waals surface area contributed by atoms with Crippen molar-refractivity contribution in [2.75, 3.05) is 105 Å². The summed E-state index contributed by atoms with van der Waals surface area (Å²) in [7, 11) is 0. The number of hydrogen-bond donors (Lipinski definition) is 7. The molecular weight excluding hydrogens is 688 g/mol. The van der Waals surface area contributed by atoms with E-state index in [2.05, 4.69) is 0 Å². The molecule has 4 atom stereocenters. The van der Waals surface area contributed by atoms with Gasteiger partial charge in [-0.2, -0.15) is 0 Å². The number of carboxylic acids is 4. The standard InChI is InChI=1S/C34H56N4O14/c1-2-50-18-19-51-20-21-52-26-8-6-25(7-9-26)4-3-5-27(31(42)43)35-10-12-36(28(22-39)32(44)45)14-16-38(30(24-41)34(48)49)17-15-37(13-11-35)29(23-40)33(46)47/h6-9,27-30,39-41H,2-5,10-24H2,1H3,(H,42,43)(H,44,45)(H,46,47)(H,48,49)/t27?,28-,29?,30-/m1/s1. The molecular formula is C34H56N4O14. The zero-order chi connectivity index (χ0) is 38.5.